The van der Waals surface area contributed by atoms with Gasteiger partial charge in [-0.3, -0.25) is 4.79 Å². The summed E-state index contributed by atoms with van der Waals surface area (Å²) in [5.74, 6) is 0.123. The fourth-order valence-electron chi connectivity index (χ4n) is 2.28. The molecule has 0 saturated carbocycles. The quantitative estimate of drug-likeness (QED) is 0.741. The molecule has 98 valence electrons. The molecule has 2 aromatic rings. The molecule has 0 spiro atoms. The molecule has 0 bridgehead atoms. The van der Waals surface area contributed by atoms with Crippen molar-refractivity contribution in [1.29, 1.82) is 0 Å². The van der Waals surface area contributed by atoms with Crippen LogP contribution in [-0.4, -0.2) is 5.78 Å². The summed E-state index contributed by atoms with van der Waals surface area (Å²) in [6.45, 7) is 6.02. The Labute approximate surface area is 119 Å². The number of hydrogen-bond donors (Lipinski definition) is 0. The van der Waals surface area contributed by atoms with Crippen LogP contribution in [0, 0.1) is 20.8 Å². The second-order valence-corrected chi connectivity index (χ2v) is 5.37. The van der Waals surface area contributed by atoms with Crippen LogP contribution in [0.2, 0.25) is 5.02 Å². The van der Waals surface area contributed by atoms with E-state index in [-0.39, 0.29) is 5.78 Å². The van der Waals surface area contributed by atoms with E-state index >= 15 is 0 Å². The molecular formula is C17H17ClO. The Morgan fingerprint density at radius 2 is 1.63 bits per heavy atom. The number of benzene rings is 2. The minimum absolute atomic E-state index is 0.123. The van der Waals surface area contributed by atoms with E-state index < -0.39 is 0 Å². The maximum Gasteiger partial charge on any atom is 0.167 e. The minimum Gasteiger partial charge on any atom is -0.294 e. The first-order valence-corrected chi connectivity index (χ1v) is 6.71. The highest BCUT2D eigenvalue weighted by Crippen LogP contribution is 2.20. The molecule has 0 N–H and O–H groups in total. The predicted octanol–water partition coefficient (Wildman–Crippen LogP) is 4.69. The van der Waals surface area contributed by atoms with Crippen LogP contribution < -0.4 is 0 Å². The van der Waals surface area contributed by atoms with Crippen molar-refractivity contribution in [3.8, 4) is 0 Å². The number of carbonyl (C=O) groups is 1. The molecule has 0 atom stereocenters. The Kier molecular flexibility index (Phi) is 4.06. The molecule has 19 heavy (non-hydrogen) atoms. The predicted molar refractivity (Wildman–Crippen MR) is 80.1 cm³/mol. The number of halogens is 1. The zero-order valence-corrected chi connectivity index (χ0v) is 12.2. The third-order valence-corrected chi connectivity index (χ3v) is 3.72. The normalized spacial score (nSPS) is 10.5. The fourth-order valence-corrected chi connectivity index (χ4v) is 2.45. The molecule has 0 aliphatic carbocycles. The highest BCUT2D eigenvalue weighted by molar-refractivity contribution is 6.31. The summed E-state index contributed by atoms with van der Waals surface area (Å²) in [5.41, 5.74) is 5.13. The summed E-state index contributed by atoms with van der Waals surface area (Å²) >= 11 is 5.97. The van der Waals surface area contributed by atoms with Gasteiger partial charge in [-0.2, -0.15) is 0 Å². The zero-order valence-electron chi connectivity index (χ0n) is 11.5. The van der Waals surface area contributed by atoms with Crippen LogP contribution in [0.1, 0.15) is 32.6 Å². The van der Waals surface area contributed by atoms with Crippen molar-refractivity contribution in [1.82, 2.24) is 0 Å². The van der Waals surface area contributed by atoms with Gasteiger partial charge < -0.3 is 0 Å². The third kappa shape index (κ3) is 3.05. The van der Waals surface area contributed by atoms with E-state index in [9.17, 15) is 4.79 Å². The molecule has 2 rings (SSSR count). The molecule has 0 amide bonds. The third-order valence-electron chi connectivity index (χ3n) is 3.48. The molecule has 2 aromatic carbocycles. The highest BCUT2D eigenvalue weighted by atomic mass is 35.5. The van der Waals surface area contributed by atoms with E-state index in [1.54, 1.807) is 6.07 Å². The molecule has 0 radical (unpaired) electrons. The minimum atomic E-state index is 0.123. The number of hydrogen-bond acceptors (Lipinski definition) is 1. The summed E-state index contributed by atoms with van der Waals surface area (Å²) in [4.78, 5) is 12.4. The van der Waals surface area contributed by atoms with Crippen LogP contribution in [0.15, 0.2) is 36.4 Å². The summed E-state index contributed by atoms with van der Waals surface area (Å²) < 4.78 is 0. The first-order chi connectivity index (χ1) is 8.99. The Morgan fingerprint density at radius 3 is 2.26 bits per heavy atom. The summed E-state index contributed by atoms with van der Waals surface area (Å²) in [6.07, 6.45) is 0.430. The van der Waals surface area contributed by atoms with Crippen LogP contribution in [0.25, 0.3) is 0 Å². The van der Waals surface area contributed by atoms with E-state index in [0.717, 1.165) is 27.8 Å². The Bertz CT molecular complexity index is 609. The molecule has 2 heteroatoms. The van der Waals surface area contributed by atoms with Crippen molar-refractivity contribution in [2.75, 3.05) is 0 Å². The van der Waals surface area contributed by atoms with Crippen molar-refractivity contribution in [3.05, 3.63) is 69.2 Å². The van der Waals surface area contributed by atoms with Crippen molar-refractivity contribution < 1.29 is 4.79 Å². The van der Waals surface area contributed by atoms with Crippen molar-refractivity contribution in [2.45, 2.75) is 27.2 Å². The fraction of sp³-hybridized carbons (Fsp3) is 0.235. The molecule has 1 nitrogen and oxygen atoms in total. The van der Waals surface area contributed by atoms with Crippen LogP contribution in [-0.2, 0) is 6.42 Å². The van der Waals surface area contributed by atoms with Gasteiger partial charge in [-0.15, -0.1) is 0 Å². The van der Waals surface area contributed by atoms with Gasteiger partial charge in [0.2, 0.25) is 0 Å². The van der Waals surface area contributed by atoms with E-state index in [0.29, 0.717) is 11.4 Å². The number of carbonyl (C=O) groups excluding carboxylic acids is 1. The first-order valence-electron chi connectivity index (χ1n) is 6.33. The topological polar surface area (TPSA) is 17.1 Å². The lowest BCUT2D eigenvalue weighted by Gasteiger charge is -2.10. The largest absolute Gasteiger partial charge is 0.294 e. The smallest absolute Gasteiger partial charge is 0.167 e. The molecular weight excluding hydrogens is 256 g/mol. The van der Waals surface area contributed by atoms with Crippen LogP contribution in [0.3, 0.4) is 0 Å². The van der Waals surface area contributed by atoms with E-state index in [2.05, 4.69) is 0 Å². The molecule has 0 aliphatic rings. The lowest BCUT2D eigenvalue weighted by molar-refractivity contribution is 0.0992. The number of aryl methyl sites for hydroxylation is 3. The van der Waals surface area contributed by atoms with Gasteiger partial charge in [0.15, 0.2) is 5.78 Å². The van der Waals surface area contributed by atoms with Crippen LogP contribution >= 0.6 is 11.6 Å². The maximum absolute atomic E-state index is 12.4. The molecule has 0 aromatic heterocycles. The summed E-state index contributed by atoms with van der Waals surface area (Å²) in [6, 6.07) is 11.6. The zero-order chi connectivity index (χ0) is 14.0. The Hall–Kier alpha value is -1.60. The first kappa shape index (κ1) is 13.8. The standard InChI is InChI=1S/C17H17ClO/c1-11-5-4-6-12(2)15(11)10-17(19)16-9-14(18)8-7-13(16)3/h4-9H,10H2,1-3H3. The maximum atomic E-state index is 12.4. The van der Waals surface area contributed by atoms with Crippen LogP contribution in [0.4, 0.5) is 0 Å². The van der Waals surface area contributed by atoms with Gasteiger partial charge in [-0.1, -0.05) is 35.9 Å². The second kappa shape index (κ2) is 5.58. The van der Waals surface area contributed by atoms with Gasteiger partial charge in [0.25, 0.3) is 0 Å². The average molecular weight is 273 g/mol. The molecule has 0 saturated heterocycles. The second-order valence-electron chi connectivity index (χ2n) is 4.93. The molecule has 0 unspecified atom stereocenters. The van der Waals surface area contributed by atoms with Gasteiger partial charge in [-0.05, 0) is 55.2 Å². The molecule has 0 aliphatic heterocycles. The van der Waals surface area contributed by atoms with E-state index in [1.807, 2.05) is 51.1 Å². The number of ketones is 1. The van der Waals surface area contributed by atoms with Gasteiger partial charge in [0.05, 0.1) is 0 Å². The lowest BCUT2D eigenvalue weighted by atomic mass is 9.94. The van der Waals surface area contributed by atoms with E-state index in [1.165, 1.54) is 0 Å². The highest BCUT2D eigenvalue weighted by Gasteiger charge is 2.13. The van der Waals surface area contributed by atoms with Gasteiger partial charge in [0.1, 0.15) is 0 Å². The Balaban J connectivity index is 2.34. The van der Waals surface area contributed by atoms with Crippen molar-refractivity contribution >= 4 is 17.4 Å². The average Bonchev–Trinajstić information content (AvgIpc) is 2.37. The number of rotatable bonds is 3. The van der Waals surface area contributed by atoms with Crippen molar-refractivity contribution in [2.24, 2.45) is 0 Å². The molecule has 0 heterocycles. The SMILES string of the molecule is Cc1ccc(Cl)cc1C(=O)Cc1c(C)cccc1C. The van der Waals surface area contributed by atoms with Gasteiger partial charge >= 0.3 is 0 Å². The Morgan fingerprint density at radius 1 is 1.00 bits per heavy atom. The monoisotopic (exact) mass is 272 g/mol. The molecule has 0 fully saturated rings. The summed E-state index contributed by atoms with van der Waals surface area (Å²) in [7, 11) is 0. The lowest BCUT2D eigenvalue weighted by Crippen LogP contribution is -2.08. The number of Topliss-reactive ketones (excluding diaryl/α,β-unsaturated/α-hetero) is 1. The van der Waals surface area contributed by atoms with E-state index in [4.69, 9.17) is 11.6 Å². The van der Waals surface area contributed by atoms with Gasteiger partial charge in [0, 0.05) is 17.0 Å². The summed E-state index contributed by atoms with van der Waals surface area (Å²) in [5, 5.41) is 0.607. The van der Waals surface area contributed by atoms with Gasteiger partial charge in [-0.25, -0.2) is 0 Å². The van der Waals surface area contributed by atoms with Crippen molar-refractivity contribution in [3.63, 3.8) is 0 Å². The van der Waals surface area contributed by atoms with Crippen LogP contribution in [0.5, 0.6) is 0 Å².